The maximum atomic E-state index is 12.9. The zero-order chi connectivity index (χ0) is 21.5. The van der Waals surface area contributed by atoms with E-state index in [1.54, 1.807) is 26.8 Å². The fraction of sp³-hybridized carbons (Fsp3) is 0.238. The van der Waals surface area contributed by atoms with Gasteiger partial charge in [0, 0.05) is 22.1 Å². The standard InChI is InChI=1S/C21H17NO7/c1-21(2,3)15(23)10-29-20(26)14-9-8-13-16(17(14)22(27)28)19(25)12-7-5-4-6-11(12)18(13)24/h4-9H,10H2,1-3H3. The zero-order valence-electron chi connectivity index (χ0n) is 16.0. The van der Waals surface area contributed by atoms with Crippen LogP contribution < -0.4 is 0 Å². The van der Waals surface area contributed by atoms with Crippen LogP contribution in [0.5, 0.6) is 0 Å². The van der Waals surface area contributed by atoms with Gasteiger partial charge < -0.3 is 4.74 Å². The fourth-order valence-corrected chi connectivity index (χ4v) is 2.95. The normalized spacial score (nSPS) is 12.8. The van der Waals surface area contributed by atoms with Gasteiger partial charge in [0.05, 0.1) is 4.92 Å². The number of rotatable bonds is 4. The summed E-state index contributed by atoms with van der Waals surface area (Å²) in [6, 6.07) is 8.25. The Morgan fingerprint density at radius 2 is 1.55 bits per heavy atom. The molecule has 0 radical (unpaired) electrons. The molecule has 0 heterocycles. The topological polar surface area (TPSA) is 121 Å². The molecule has 0 bridgehead atoms. The van der Waals surface area contributed by atoms with E-state index >= 15 is 0 Å². The van der Waals surface area contributed by atoms with Gasteiger partial charge in [-0.3, -0.25) is 24.5 Å². The second kappa shape index (κ2) is 7.05. The molecule has 2 aromatic rings. The van der Waals surface area contributed by atoms with E-state index in [0.717, 1.165) is 6.07 Å². The highest BCUT2D eigenvalue weighted by atomic mass is 16.6. The van der Waals surface area contributed by atoms with E-state index in [1.807, 2.05) is 0 Å². The van der Waals surface area contributed by atoms with Crippen molar-refractivity contribution in [1.29, 1.82) is 0 Å². The van der Waals surface area contributed by atoms with E-state index in [4.69, 9.17) is 4.74 Å². The van der Waals surface area contributed by atoms with Gasteiger partial charge in [-0.1, -0.05) is 45.0 Å². The minimum absolute atomic E-state index is 0.0292. The number of benzene rings is 2. The largest absolute Gasteiger partial charge is 0.454 e. The van der Waals surface area contributed by atoms with Crippen LogP contribution in [0.3, 0.4) is 0 Å². The van der Waals surface area contributed by atoms with Gasteiger partial charge in [-0.2, -0.15) is 0 Å². The van der Waals surface area contributed by atoms with E-state index in [1.165, 1.54) is 24.3 Å². The Bertz CT molecular complexity index is 1090. The third kappa shape index (κ3) is 3.44. The molecule has 8 nitrogen and oxygen atoms in total. The van der Waals surface area contributed by atoms with E-state index in [-0.39, 0.29) is 22.5 Å². The molecule has 0 amide bonds. The van der Waals surface area contributed by atoms with Crippen molar-refractivity contribution < 1.29 is 28.8 Å². The number of hydrogen-bond donors (Lipinski definition) is 0. The van der Waals surface area contributed by atoms with E-state index in [2.05, 4.69) is 0 Å². The van der Waals surface area contributed by atoms with Gasteiger partial charge in [0.25, 0.3) is 5.69 Å². The molecule has 0 spiro atoms. The summed E-state index contributed by atoms with van der Waals surface area (Å²) in [5, 5.41) is 11.7. The molecular weight excluding hydrogens is 378 g/mol. The summed E-state index contributed by atoms with van der Waals surface area (Å²) in [6.45, 7) is 4.37. The van der Waals surface area contributed by atoms with Crippen molar-refractivity contribution in [2.24, 2.45) is 5.41 Å². The molecule has 1 aliphatic carbocycles. The first kappa shape index (κ1) is 20.1. The predicted molar refractivity (Wildman–Crippen MR) is 101 cm³/mol. The number of nitrogens with zero attached hydrogens (tertiary/aromatic N) is 1. The van der Waals surface area contributed by atoms with Crippen molar-refractivity contribution in [3.05, 3.63) is 74.3 Å². The lowest BCUT2D eigenvalue weighted by atomic mass is 9.82. The molecule has 0 atom stereocenters. The molecule has 0 N–H and O–H groups in total. The molecule has 0 unspecified atom stereocenters. The molecule has 1 aliphatic rings. The van der Waals surface area contributed by atoms with Gasteiger partial charge >= 0.3 is 5.97 Å². The first-order valence-electron chi connectivity index (χ1n) is 8.74. The number of esters is 1. The van der Waals surface area contributed by atoms with Crippen LogP contribution in [-0.4, -0.2) is 34.8 Å². The van der Waals surface area contributed by atoms with Crippen molar-refractivity contribution in [3.63, 3.8) is 0 Å². The molecule has 3 rings (SSSR count). The number of ketones is 3. The van der Waals surface area contributed by atoms with Crippen LogP contribution in [0.15, 0.2) is 36.4 Å². The van der Waals surface area contributed by atoms with E-state index in [0.29, 0.717) is 0 Å². The molecule has 0 saturated carbocycles. The molecule has 0 aromatic heterocycles. The van der Waals surface area contributed by atoms with Crippen molar-refractivity contribution >= 4 is 29.0 Å². The molecule has 2 aromatic carbocycles. The lowest BCUT2D eigenvalue weighted by molar-refractivity contribution is -0.385. The Morgan fingerprint density at radius 1 is 0.966 bits per heavy atom. The van der Waals surface area contributed by atoms with Crippen molar-refractivity contribution in [1.82, 2.24) is 0 Å². The van der Waals surface area contributed by atoms with Crippen LogP contribution in [0.2, 0.25) is 0 Å². The Kier molecular flexibility index (Phi) is 4.88. The average molecular weight is 395 g/mol. The zero-order valence-corrected chi connectivity index (χ0v) is 16.0. The monoisotopic (exact) mass is 395 g/mol. The SMILES string of the molecule is CC(C)(C)C(=O)COC(=O)c1ccc2c(c1[N+](=O)[O-])C(=O)c1ccccc1C2=O. The Morgan fingerprint density at radius 3 is 2.10 bits per heavy atom. The van der Waals surface area contributed by atoms with Crippen LogP contribution in [0, 0.1) is 15.5 Å². The number of carbonyl (C=O) groups excluding carboxylic acids is 4. The minimum atomic E-state index is -1.11. The first-order chi connectivity index (χ1) is 13.5. The van der Waals surface area contributed by atoms with E-state index < -0.39 is 51.3 Å². The highest BCUT2D eigenvalue weighted by molar-refractivity contribution is 6.30. The minimum Gasteiger partial charge on any atom is -0.454 e. The first-order valence-corrected chi connectivity index (χ1v) is 8.74. The number of nitro groups is 1. The Hall–Kier alpha value is -3.68. The van der Waals surface area contributed by atoms with Crippen LogP contribution in [0.4, 0.5) is 5.69 Å². The van der Waals surface area contributed by atoms with Crippen molar-refractivity contribution in [3.8, 4) is 0 Å². The van der Waals surface area contributed by atoms with Crippen molar-refractivity contribution in [2.75, 3.05) is 6.61 Å². The second-order valence-corrected chi connectivity index (χ2v) is 7.59. The second-order valence-electron chi connectivity index (χ2n) is 7.59. The van der Waals surface area contributed by atoms with Gasteiger partial charge in [-0.15, -0.1) is 0 Å². The molecule has 0 saturated heterocycles. The molecule has 0 fully saturated rings. The maximum Gasteiger partial charge on any atom is 0.345 e. The maximum absolute atomic E-state index is 12.9. The van der Waals surface area contributed by atoms with Crippen molar-refractivity contribution in [2.45, 2.75) is 20.8 Å². The summed E-state index contributed by atoms with van der Waals surface area (Å²) in [7, 11) is 0. The molecule has 29 heavy (non-hydrogen) atoms. The quantitative estimate of drug-likeness (QED) is 0.378. The van der Waals surface area contributed by atoms with Crippen LogP contribution >= 0.6 is 0 Å². The van der Waals surface area contributed by atoms with Gasteiger partial charge in [-0.05, 0) is 12.1 Å². The van der Waals surface area contributed by atoms with Crippen LogP contribution in [0.1, 0.15) is 63.0 Å². The molecular formula is C21H17NO7. The average Bonchev–Trinajstić information content (AvgIpc) is 2.67. The summed E-state index contributed by atoms with van der Waals surface area (Å²) in [5.74, 6) is -2.74. The highest BCUT2D eigenvalue weighted by Gasteiger charge is 2.39. The predicted octanol–water partition coefficient (Wildman–Crippen LogP) is 3.14. The molecule has 8 heteroatoms. The number of nitro benzene ring substituents is 1. The van der Waals surface area contributed by atoms with Gasteiger partial charge in [0.2, 0.25) is 5.78 Å². The summed E-state index contributed by atoms with van der Waals surface area (Å²) in [6.07, 6.45) is 0. The third-order valence-electron chi connectivity index (χ3n) is 4.64. The smallest absolute Gasteiger partial charge is 0.345 e. The lowest BCUT2D eigenvalue weighted by Gasteiger charge is -2.19. The number of carbonyl (C=O) groups is 4. The highest BCUT2D eigenvalue weighted by Crippen LogP contribution is 2.35. The van der Waals surface area contributed by atoms with Gasteiger partial charge in [0.15, 0.2) is 18.2 Å². The van der Waals surface area contributed by atoms with Gasteiger partial charge in [-0.25, -0.2) is 4.79 Å². The number of ether oxygens (including phenoxy) is 1. The Balaban J connectivity index is 2.07. The van der Waals surface area contributed by atoms with Gasteiger partial charge in [0.1, 0.15) is 11.1 Å². The third-order valence-corrected chi connectivity index (χ3v) is 4.64. The summed E-state index contributed by atoms with van der Waals surface area (Å²) < 4.78 is 4.94. The fourth-order valence-electron chi connectivity index (χ4n) is 2.95. The Labute approximate surface area is 165 Å². The lowest BCUT2D eigenvalue weighted by Crippen LogP contribution is -2.27. The summed E-state index contributed by atoms with van der Waals surface area (Å²) >= 11 is 0. The number of fused-ring (bicyclic) bond motifs is 2. The molecule has 148 valence electrons. The summed E-state index contributed by atoms with van der Waals surface area (Å²) in [4.78, 5) is 60.8. The number of Topliss-reactive ketones (excluding diaryl/α,β-unsaturated/α-hetero) is 1. The van der Waals surface area contributed by atoms with Crippen LogP contribution in [-0.2, 0) is 9.53 Å². The summed E-state index contributed by atoms with van der Waals surface area (Å²) in [5.41, 5.74) is -2.47. The molecule has 0 aliphatic heterocycles. The van der Waals surface area contributed by atoms with Crippen LogP contribution in [0.25, 0.3) is 0 Å². The number of hydrogen-bond acceptors (Lipinski definition) is 7. The van der Waals surface area contributed by atoms with E-state index in [9.17, 15) is 29.3 Å².